The van der Waals surface area contributed by atoms with Gasteiger partial charge in [0.25, 0.3) is 0 Å². The molecule has 1 amide bonds. The number of phenols is 1. The standard InChI is InChI=1S/2C10H13O3.C8H10O3.C6H14NO.C5H11NO2.C3H7.H2N.3W.3Y/c2*1-4-13-10-6-8(11-2)5-9(7-10)12-3;1-10-7-3-6(9)4-8(5-7)11-2;1-5(7)8-6(2,3)4;1-5(2,3)8-4(6)7;1-3-2;;;;;;;/h2*5-7H,1,4H2,2-3H3;3-5,9H,1-2H3;5,7H,1-4H3;1-3H3,(H2,6,7);1,3H2,2H3;1H2;;;;;;/q2*-1;;-1;;2*-1;;;;;;/p-1. The summed E-state index contributed by atoms with van der Waals surface area (Å²) in [6, 6.07) is 15.4. The van der Waals surface area contributed by atoms with E-state index < -0.39 is 17.9 Å². The van der Waals surface area contributed by atoms with Gasteiger partial charge in [0.2, 0.25) is 6.09 Å². The van der Waals surface area contributed by atoms with Gasteiger partial charge < -0.3 is 90.9 Å². The van der Waals surface area contributed by atoms with Gasteiger partial charge in [0.1, 0.15) is 57.3 Å². The molecule has 0 heterocycles. The monoisotopic (exact) mass is 1630 g/mol. The second kappa shape index (κ2) is 51.8. The number of rotatable bonds is 11. The maximum atomic E-state index is 9.90. The first-order valence-electron chi connectivity index (χ1n) is 17.5. The number of hydrogen-bond acceptors (Lipinski definition) is 12. The second-order valence-electron chi connectivity index (χ2n) is 12.7. The number of carbonyl (C=O) groups is 1. The second-order valence-corrected chi connectivity index (χ2v) is 12.7. The van der Waals surface area contributed by atoms with Gasteiger partial charge in [-0.25, -0.2) is 0 Å². The molecule has 3 rings (SSSR count). The van der Waals surface area contributed by atoms with Gasteiger partial charge in [0.15, 0.2) is 0 Å². The summed E-state index contributed by atoms with van der Waals surface area (Å²) >= 11 is 0. The van der Waals surface area contributed by atoms with Crippen LogP contribution in [0.25, 0.3) is 17.6 Å². The molecule has 0 saturated heterocycles. The van der Waals surface area contributed by atoms with Crippen molar-refractivity contribution in [1.82, 2.24) is 0 Å². The number of aromatic hydroxyl groups is 1. The van der Waals surface area contributed by atoms with E-state index in [4.69, 9.17) is 59.2 Å². The Balaban J connectivity index is -0.0000000675. The molecule has 0 fully saturated rings. The summed E-state index contributed by atoms with van der Waals surface area (Å²) in [5, 5.41) is 9.10. The van der Waals surface area contributed by atoms with Gasteiger partial charge >= 0.3 is 0 Å². The molecule has 0 aliphatic heterocycles. The molecule has 0 saturated carbocycles. The van der Waals surface area contributed by atoms with Crippen LogP contribution in [0, 0.1) is 20.8 Å². The molecule has 0 aliphatic carbocycles. The predicted molar refractivity (Wildman–Crippen MR) is 228 cm³/mol. The van der Waals surface area contributed by atoms with E-state index in [1.807, 2.05) is 27.7 Å². The van der Waals surface area contributed by atoms with Crippen LogP contribution in [-0.4, -0.2) is 84.5 Å². The quantitative estimate of drug-likeness (QED) is 0.178. The normalized spacial score (nSPS) is 9.24. The number of methoxy groups -OCH3 is 6. The first kappa shape index (κ1) is 86.6. The van der Waals surface area contributed by atoms with Crippen molar-refractivity contribution in [1.29, 1.82) is 0 Å². The smallest absolute Gasteiger partial charge is 0.227 e. The van der Waals surface area contributed by atoms with Gasteiger partial charge in [-0.2, -0.15) is 6.42 Å². The Kier molecular flexibility index (Phi) is 71.1. The van der Waals surface area contributed by atoms with Crippen LogP contribution < -0.4 is 37.9 Å². The average Bonchev–Trinajstić information content (AvgIpc) is 3.10. The van der Waals surface area contributed by atoms with Crippen LogP contribution in [0.1, 0.15) is 61.8 Å². The Labute approximate surface area is 498 Å². The number of phenolic OH excluding ortho intramolecular Hbond substituents is 1. The molecule has 21 heteroatoms. The van der Waals surface area contributed by atoms with E-state index in [-0.39, 0.29) is 179 Å². The SMILES string of the molecule is CC(C)(C)OC([NH-])=O.CC([NH-])OC(C)(C)C.COc1cc(O)cc(OC)c1.[CH2-]CC.[CH2-]COc1cc(OC)cc(OC)c1.[CH2-]COc1cc(OC)cc(OC)c1.[NH2-].[W].[W].[W].[Y].[Y].[Y]. The summed E-state index contributed by atoms with van der Waals surface area (Å²) < 4.78 is 50.1. The predicted octanol–water partition coefficient (Wildman–Crippen LogP) is 11.3. The number of nitrogens with one attached hydrogen (secondary N) is 2. The third-order valence-electron chi connectivity index (χ3n) is 5.45. The zero-order valence-electron chi connectivity index (χ0n) is 39.5. The Morgan fingerprint density at radius 1 is 0.571 bits per heavy atom. The third-order valence-corrected chi connectivity index (χ3v) is 5.45. The molecule has 0 bridgehead atoms. The largest absolute Gasteiger partial charge is 0.693 e. The molecular weight excluding hydrogens is 1560 g/mol. The van der Waals surface area contributed by atoms with Gasteiger partial charge in [0, 0.05) is 216 Å². The minimum atomic E-state index is -0.975. The van der Waals surface area contributed by atoms with Crippen molar-refractivity contribution in [2.24, 2.45) is 0 Å². The first-order chi connectivity index (χ1) is 26.1. The van der Waals surface area contributed by atoms with Crippen molar-refractivity contribution in [2.45, 2.75) is 79.2 Å². The van der Waals surface area contributed by atoms with Crippen LogP contribution in [0.15, 0.2) is 54.6 Å². The molecule has 3 aromatic carbocycles. The number of carbonyl (C=O) groups excluding carboxylic acids is 1. The fraction of sp³-hybridized carbons (Fsp3) is 0.476. The number of benzene rings is 3. The average molecular weight is 1630 g/mol. The van der Waals surface area contributed by atoms with E-state index in [1.54, 1.807) is 98.6 Å². The molecular formula is C42H69N3O12W3Y3-6. The molecule has 5 N–H and O–H groups in total. The first-order valence-corrected chi connectivity index (χ1v) is 17.5. The van der Waals surface area contributed by atoms with E-state index in [0.717, 1.165) is 6.42 Å². The topological polar surface area (TPSA) is 211 Å². The number of nitrogens with two attached hydrogens (primary N) is 1. The Morgan fingerprint density at radius 2 is 0.794 bits per heavy atom. The third kappa shape index (κ3) is 54.9. The molecule has 357 valence electrons. The van der Waals surface area contributed by atoms with Gasteiger partial charge in [-0.15, -0.1) is 0 Å². The van der Waals surface area contributed by atoms with Crippen molar-refractivity contribution in [3.8, 4) is 51.7 Å². The van der Waals surface area contributed by atoms with Crippen molar-refractivity contribution in [2.75, 3.05) is 55.9 Å². The van der Waals surface area contributed by atoms with Crippen LogP contribution in [0.5, 0.6) is 51.7 Å². The van der Waals surface area contributed by atoms with Crippen molar-refractivity contribution >= 4 is 6.09 Å². The summed E-state index contributed by atoms with van der Waals surface area (Å²) in [4.78, 5) is 9.90. The van der Waals surface area contributed by atoms with Crippen molar-refractivity contribution in [3.63, 3.8) is 0 Å². The van der Waals surface area contributed by atoms with Crippen LogP contribution >= 0.6 is 0 Å². The van der Waals surface area contributed by atoms with E-state index in [1.165, 1.54) is 26.4 Å². The molecule has 1 atom stereocenters. The van der Waals surface area contributed by atoms with E-state index in [0.29, 0.717) is 59.2 Å². The molecule has 63 heavy (non-hydrogen) atoms. The van der Waals surface area contributed by atoms with Crippen LogP contribution in [0.2, 0.25) is 0 Å². The maximum absolute atomic E-state index is 9.90. The summed E-state index contributed by atoms with van der Waals surface area (Å²) in [5.74, 6) is 5.55. The Morgan fingerprint density at radius 3 is 0.921 bits per heavy atom. The summed E-state index contributed by atoms with van der Waals surface area (Å²) in [5.41, 5.74) is 12.7. The van der Waals surface area contributed by atoms with Gasteiger partial charge in [-0.05, 0) is 61.0 Å². The minimum absolute atomic E-state index is 0. The van der Waals surface area contributed by atoms with E-state index in [2.05, 4.69) is 25.5 Å². The molecule has 0 aliphatic rings. The summed E-state index contributed by atoms with van der Waals surface area (Å²) in [7, 11) is 9.47. The van der Waals surface area contributed by atoms with Gasteiger partial charge in [0.05, 0.1) is 48.3 Å². The minimum Gasteiger partial charge on any atom is -0.693 e. The maximum Gasteiger partial charge on any atom is 0.227 e. The van der Waals surface area contributed by atoms with Crippen LogP contribution in [0.4, 0.5) is 4.79 Å². The molecule has 15 nitrogen and oxygen atoms in total. The fourth-order valence-corrected chi connectivity index (χ4v) is 3.57. The number of amides is 1. The van der Waals surface area contributed by atoms with Gasteiger partial charge in [-0.3, -0.25) is 4.79 Å². The Hall–Kier alpha value is 0.387. The summed E-state index contributed by atoms with van der Waals surface area (Å²) in [6.07, 6.45) is -0.382. The number of ether oxygens (including phenoxy) is 10. The Bertz CT molecular complexity index is 1350. The molecule has 1 unspecified atom stereocenters. The molecule has 0 spiro atoms. The number of hydrogen-bond donors (Lipinski definition) is 1. The zero-order valence-corrected chi connectivity index (χ0v) is 56.8. The van der Waals surface area contributed by atoms with Crippen molar-refractivity contribution in [3.05, 3.63) is 93.0 Å². The van der Waals surface area contributed by atoms with Crippen LogP contribution in [0.3, 0.4) is 0 Å². The molecule has 0 aromatic heterocycles. The van der Waals surface area contributed by atoms with Gasteiger partial charge in [-0.1, -0.05) is 13.8 Å². The van der Waals surface area contributed by atoms with E-state index >= 15 is 0 Å². The van der Waals surface area contributed by atoms with E-state index in [9.17, 15) is 4.79 Å². The molecule has 3 aromatic rings. The van der Waals surface area contributed by atoms with Crippen molar-refractivity contribution < 1.29 is 219 Å². The molecule has 3 radical (unpaired) electrons. The summed E-state index contributed by atoms with van der Waals surface area (Å²) in [6.45, 7) is 26.2. The fourth-order valence-electron chi connectivity index (χ4n) is 3.57. The van der Waals surface area contributed by atoms with Crippen LogP contribution in [-0.2, 0) is 171 Å². The zero-order chi connectivity index (χ0) is 43.9.